The zero-order valence-corrected chi connectivity index (χ0v) is 15.4. The van der Waals surface area contributed by atoms with Crippen molar-refractivity contribution in [3.05, 3.63) is 34.3 Å². The maximum absolute atomic E-state index is 12.3. The number of alkyl halides is 1. The highest BCUT2D eigenvalue weighted by atomic mass is 79.9. The van der Waals surface area contributed by atoms with E-state index in [2.05, 4.69) is 21.2 Å². The van der Waals surface area contributed by atoms with E-state index in [0.29, 0.717) is 10.6 Å². The number of nitrogens with one attached hydrogen (secondary N) is 1. The van der Waals surface area contributed by atoms with E-state index >= 15 is 0 Å². The molecule has 0 bridgehead atoms. The molecule has 2 nitrogen and oxygen atoms in total. The third-order valence-corrected chi connectivity index (χ3v) is 5.47. The first-order valence-corrected chi connectivity index (χ1v) is 9.83. The Morgan fingerprint density at radius 2 is 1.75 bits per heavy atom. The number of benzene rings is 1. The van der Waals surface area contributed by atoms with Crippen molar-refractivity contribution < 1.29 is 4.79 Å². The van der Waals surface area contributed by atoms with Crippen LogP contribution >= 0.6 is 27.5 Å². The molecule has 1 saturated carbocycles. The van der Waals surface area contributed by atoms with E-state index in [1.165, 1.54) is 44.9 Å². The fourth-order valence-corrected chi connectivity index (χ4v) is 3.70. The van der Waals surface area contributed by atoms with Crippen LogP contribution in [-0.4, -0.2) is 12.5 Å². The topological polar surface area (TPSA) is 29.1 Å². The second-order valence-electron chi connectivity index (χ2n) is 6.20. The van der Waals surface area contributed by atoms with Crippen LogP contribution in [0.4, 0.5) is 0 Å². The molecule has 1 aromatic rings. The summed E-state index contributed by atoms with van der Waals surface area (Å²) in [6.45, 7) is 0.748. The van der Waals surface area contributed by atoms with Gasteiger partial charge in [-0.2, -0.15) is 0 Å². The molecule has 4 heteroatoms. The van der Waals surface area contributed by atoms with Crippen LogP contribution in [0.3, 0.4) is 0 Å². The largest absolute Gasteiger partial charge is 0.352 e. The first-order chi connectivity index (χ1) is 10.7. The Labute approximate surface area is 161 Å². The lowest BCUT2D eigenvalue weighted by Crippen LogP contribution is -2.26. The molecule has 0 unspecified atom stereocenters. The molecule has 24 heavy (non-hydrogen) atoms. The predicted molar refractivity (Wildman–Crippen MR) is 110 cm³/mol. The summed E-state index contributed by atoms with van der Waals surface area (Å²) in [5.41, 5.74) is 1.64. The van der Waals surface area contributed by atoms with Gasteiger partial charge in [0.15, 0.2) is 0 Å². The van der Waals surface area contributed by atoms with Gasteiger partial charge in [-0.3, -0.25) is 4.79 Å². The van der Waals surface area contributed by atoms with Gasteiger partial charge in [0.25, 0.3) is 5.91 Å². The third-order valence-electron chi connectivity index (χ3n) is 4.49. The van der Waals surface area contributed by atoms with Gasteiger partial charge >= 0.3 is 0 Å². The predicted octanol–water partition coefficient (Wildman–Crippen LogP) is 6.99. The lowest BCUT2D eigenvalue weighted by molar-refractivity contribution is 0.0950. The van der Waals surface area contributed by atoms with Gasteiger partial charge in [0.2, 0.25) is 0 Å². The summed E-state index contributed by atoms with van der Waals surface area (Å²) in [4.78, 5) is 12.3. The van der Waals surface area contributed by atoms with E-state index in [1.807, 2.05) is 12.1 Å². The van der Waals surface area contributed by atoms with Crippen LogP contribution in [0.25, 0.3) is 0 Å². The molecule has 0 saturated heterocycles. The molecule has 0 atom stereocenters. The first-order valence-electron chi connectivity index (χ1n) is 8.33. The Hall–Kier alpha value is -0.540. The molecule has 1 amide bonds. The summed E-state index contributed by atoms with van der Waals surface area (Å²) >= 11 is 9.55. The van der Waals surface area contributed by atoms with E-state index < -0.39 is 0 Å². The minimum atomic E-state index is -0.0568. The van der Waals surface area contributed by atoms with E-state index in [1.54, 1.807) is 6.07 Å². The zero-order chi connectivity index (χ0) is 15.8. The average Bonchev–Trinajstić information content (AvgIpc) is 2.49. The normalized spacial score (nSPS) is 15.4. The number of hydrogen-bond acceptors (Lipinski definition) is 1. The van der Waals surface area contributed by atoms with Crippen molar-refractivity contribution >= 4 is 33.4 Å². The molecule has 1 aliphatic carbocycles. The summed E-state index contributed by atoms with van der Waals surface area (Å²) in [7, 11) is 0. The molecule has 0 spiro atoms. The van der Waals surface area contributed by atoms with Gasteiger partial charge in [0, 0.05) is 11.9 Å². The number of rotatable bonds is 5. The van der Waals surface area contributed by atoms with Gasteiger partial charge < -0.3 is 5.32 Å². The molecule has 1 aliphatic rings. The van der Waals surface area contributed by atoms with Gasteiger partial charge in [0.1, 0.15) is 0 Å². The van der Waals surface area contributed by atoms with Crippen molar-refractivity contribution in [3.8, 4) is 0 Å². The van der Waals surface area contributed by atoms with Crippen molar-refractivity contribution in [3.63, 3.8) is 0 Å². The molecule has 1 aromatic carbocycles. The van der Waals surface area contributed by atoms with Gasteiger partial charge in [-0.25, -0.2) is 0 Å². The number of amides is 1. The molecule has 0 aromatic heterocycles. The van der Waals surface area contributed by atoms with Crippen LogP contribution in [-0.2, 0) is 5.33 Å². The van der Waals surface area contributed by atoms with Crippen LogP contribution in [0.1, 0.15) is 82.1 Å². The smallest absolute Gasteiger partial charge is 0.252 e. The molecule has 0 aliphatic heterocycles. The van der Waals surface area contributed by atoms with Crippen LogP contribution in [0, 0.1) is 5.92 Å². The lowest BCUT2D eigenvalue weighted by atomic mass is 9.89. The molecule has 0 radical (unpaired) electrons. The highest BCUT2D eigenvalue weighted by Crippen LogP contribution is 2.24. The maximum atomic E-state index is 12.3. The van der Waals surface area contributed by atoms with Gasteiger partial charge in [-0.15, -0.1) is 0 Å². The van der Waals surface area contributed by atoms with Crippen LogP contribution in [0.2, 0.25) is 5.02 Å². The van der Waals surface area contributed by atoms with Crippen molar-refractivity contribution in [1.29, 1.82) is 0 Å². The minimum absolute atomic E-state index is 0. The number of hydrogen-bond donors (Lipinski definition) is 1. The van der Waals surface area contributed by atoms with E-state index in [9.17, 15) is 4.79 Å². The number of carbonyl (C=O) groups excluding carboxylic acids is 1. The third kappa shape index (κ3) is 7.57. The van der Waals surface area contributed by atoms with Crippen LogP contribution < -0.4 is 5.32 Å². The van der Waals surface area contributed by atoms with Crippen molar-refractivity contribution in [2.45, 2.75) is 71.5 Å². The molecule has 0 heterocycles. The van der Waals surface area contributed by atoms with Gasteiger partial charge in [-0.05, 0) is 30.0 Å². The van der Waals surface area contributed by atoms with Crippen molar-refractivity contribution in [2.24, 2.45) is 5.92 Å². The van der Waals surface area contributed by atoms with Crippen molar-refractivity contribution in [2.75, 3.05) is 6.54 Å². The van der Waals surface area contributed by atoms with Crippen molar-refractivity contribution in [1.82, 2.24) is 5.32 Å². The SMILES string of the molecule is C.C.O=C(NCCC1CCCCCCC1)c1cc(CBr)ccc1Cl. The maximum Gasteiger partial charge on any atom is 0.252 e. The van der Waals surface area contributed by atoms with E-state index in [-0.39, 0.29) is 20.8 Å². The summed E-state index contributed by atoms with van der Waals surface area (Å²) in [5.74, 6) is 0.712. The summed E-state index contributed by atoms with van der Waals surface area (Å²) in [6.07, 6.45) is 10.5. The summed E-state index contributed by atoms with van der Waals surface area (Å²) < 4.78 is 0. The van der Waals surface area contributed by atoms with Crippen LogP contribution in [0.15, 0.2) is 18.2 Å². The standard InChI is InChI=1S/C18H25BrClNO.2CH4/c19-13-15-8-9-17(20)16(12-15)18(22)21-11-10-14-6-4-2-1-3-5-7-14;;/h8-9,12,14H,1-7,10-11,13H2,(H,21,22);2*1H4. The second-order valence-corrected chi connectivity index (χ2v) is 7.17. The summed E-state index contributed by atoms with van der Waals surface area (Å²) in [5, 5.41) is 4.29. The molecular formula is C20H33BrClNO. The average molecular weight is 419 g/mol. The highest BCUT2D eigenvalue weighted by molar-refractivity contribution is 9.08. The molecule has 2 rings (SSSR count). The molecule has 138 valence electrons. The molecule has 1 fully saturated rings. The highest BCUT2D eigenvalue weighted by Gasteiger charge is 2.14. The minimum Gasteiger partial charge on any atom is -0.352 e. The number of halogens is 2. The second kappa shape index (κ2) is 12.8. The Morgan fingerprint density at radius 1 is 1.12 bits per heavy atom. The van der Waals surface area contributed by atoms with E-state index in [0.717, 1.165) is 29.8 Å². The fourth-order valence-electron chi connectivity index (χ4n) is 3.14. The van der Waals surface area contributed by atoms with Gasteiger partial charge in [-0.1, -0.05) is 93.4 Å². The van der Waals surface area contributed by atoms with Gasteiger partial charge in [0.05, 0.1) is 10.6 Å². The fraction of sp³-hybridized carbons (Fsp3) is 0.650. The Bertz CT molecular complexity index is 485. The Morgan fingerprint density at radius 3 is 2.38 bits per heavy atom. The quantitative estimate of drug-likeness (QED) is 0.513. The zero-order valence-electron chi connectivity index (χ0n) is 13.0. The lowest BCUT2D eigenvalue weighted by Gasteiger charge is -2.19. The Kier molecular flexibility index (Phi) is 12.5. The monoisotopic (exact) mass is 417 g/mol. The Balaban J connectivity index is 0.00000264. The first kappa shape index (κ1) is 23.5. The summed E-state index contributed by atoms with van der Waals surface area (Å²) in [6, 6.07) is 5.59. The molecular weight excluding hydrogens is 386 g/mol. The number of carbonyl (C=O) groups is 1. The molecule has 1 N–H and O–H groups in total. The van der Waals surface area contributed by atoms with Crippen LogP contribution in [0.5, 0.6) is 0 Å². The van der Waals surface area contributed by atoms with E-state index in [4.69, 9.17) is 11.6 Å².